The van der Waals surface area contributed by atoms with Gasteiger partial charge in [-0.2, -0.15) is 0 Å². The van der Waals surface area contributed by atoms with Crippen molar-refractivity contribution in [1.29, 1.82) is 0 Å². The summed E-state index contributed by atoms with van der Waals surface area (Å²) >= 11 is 0. The third kappa shape index (κ3) is 2.57. The van der Waals surface area contributed by atoms with Crippen LogP contribution in [-0.4, -0.2) is 18.0 Å². The minimum Gasteiger partial charge on any atom is -0.489 e. The van der Waals surface area contributed by atoms with Crippen LogP contribution in [0.2, 0.25) is 0 Å². The van der Waals surface area contributed by atoms with E-state index in [0.29, 0.717) is 23.3 Å². The highest BCUT2D eigenvalue weighted by molar-refractivity contribution is 5.89. The zero-order valence-electron chi connectivity index (χ0n) is 10.6. The standard InChI is InChI=1S/C13H13NO5/c1-8-11(13(15)18-2)7-12(19-8)9-4-3-5-10(6-9)14(16)17/h3-6,12H,7H2,1-2H3. The van der Waals surface area contributed by atoms with E-state index in [4.69, 9.17) is 4.74 Å². The van der Waals surface area contributed by atoms with E-state index in [2.05, 4.69) is 4.74 Å². The van der Waals surface area contributed by atoms with Gasteiger partial charge >= 0.3 is 5.97 Å². The van der Waals surface area contributed by atoms with E-state index in [1.807, 2.05) is 0 Å². The number of hydrogen-bond donors (Lipinski definition) is 0. The molecule has 1 heterocycles. The Morgan fingerprint density at radius 2 is 2.26 bits per heavy atom. The lowest BCUT2D eigenvalue weighted by molar-refractivity contribution is -0.385. The van der Waals surface area contributed by atoms with Crippen molar-refractivity contribution >= 4 is 11.7 Å². The second-order valence-electron chi connectivity index (χ2n) is 4.19. The number of non-ortho nitro benzene ring substituents is 1. The molecule has 1 aromatic rings. The van der Waals surface area contributed by atoms with Crippen LogP contribution in [0, 0.1) is 10.1 Å². The molecule has 1 aliphatic heterocycles. The van der Waals surface area contributed by atoms with Gasteiger partial charge in [-0.25, -0.2) is 4.79 Å². The van der Waals surface area contributed by atoms with Crippen LogP contribution in [-0.2, 0) is 14.3 Å². The van der Waals surface area contributed by atoms with E-state index < -0.39 is 10.9 Å². The van der Waals surface area contributed by atoms with Crippen molar-refractivity contribution in [3.8, 4) is 0 Å². The fourth-order valence-electron chi connectivity index (χ4n) is 2.03. The first-order valence-electron chi connectivity index (χ1n) is 5.72. The molecule has 0 spiro atoms. The van der Waals surface area contributed by atoms with Gasteiger partial charge in [0.2, 0.25) is 0 Å². The number of hydrogen-bond acceptors (Lipinski definition) is 5. The fraction of sp³-hybridized carbons (Fsp3) is 0.308. The highest BCUT2D eigenvalue weighted by Gasteiger charge is 2.30. The van der Waals surface area contributed by atoms with Crippen LogP contribution in [0.5, 0.6) is 0 Å². The fourth-order valence-corrected chi connectivity index (χ4v) is 2.03. The highest BCUT2D eigenvalue weighted by Crippen LogP contribution is 2.37. The molecule has 6 heteroatoms. The topological polar surface area (TPSA) is 78.7 Å². The van der Waals surface area contributed by atoms with Crippen LogP contribution in [0.3, 0.4) is 0 Å². The summed E-state index contributed by atoms with van der Waals surface area (Å²) in [5.74, 6) is 0.0776. The molecule has 6 nitrogen and oxygen atoms in total. The molecular weight excluding hydrogens is 250 g/mol. The first-order valence-corrected chi connectivity index (χ1v) is 5.72. The average Bonchev–Trinajstić information content (AvgIpc) is 2.80. The molecule has 1 aromatic carbocycles. The molecule has 0 N–H and O–H groups in total. The van der Waals surface area contributed by atoms with E-state index in [9.17, 15) is 14.9 Å². The van der Waals surface area contributed by atoms with Crippen LogP contribution >= 0.6 is 0 Å². The second-order valence-corrected chi connectivity index (χ2v) is 4.19. The molecular formula is C13H13NO5. The molecule has 100 valence electrons. The minimum atomic E-state index is -0.458. The lowest BCUT2D eigenvalue weighted by Gasteiger charge is -2.11. The summed E-state index contributed by atoms with van der Waals surface area (Å²) in [5, 5.41) is 10.7. The van der Waals surface area contributed by atoms with Gasteiger partial charge in [0.05, 0.1) is 17.6 Å². The molecule has 19 heavy (non-hydrogen) atoms. The molecule has 1 unspecified atom stereocenters. The molecule has 2 rings (SSSR count). The molecule has 0 amide bonds. The predicted octanol–water partition coefficient (Wildman–Crippen LogP) is 2.50. The van der Waals surface area contributed by atoms with Crippen molar-refractivity contribution in [1.82, 2.24) is 0 Å². The van der Waals surface area contributed by atoms with Crippen molar-refractivity contribution in [3.05, 3.63) is 51.3 Å². The SMILES string of the molecule is COC(=O)C1=C(C)OC(c2cccc([N+](=O)[O-])c2)C1. The van der Waals surface area contributed by atoms with Gasteiger partial charge in [0, 0.05) is 18.6 Å². The van der Waals surface area contributed by atoms with Crippen LogP contribution in [0.15, 0.2) is 35.6 Å². The normalized spacial score (nSPS) is 18.1. The van der Waals surface area contributed by atoms with Gasteiger partial charge in [0.25, 0.3) is 5.69 Å². The Balaban J connectivity index is 2.21. The maximum absolute atomic E-state index is 11.5. The predicted molar refractivity (Wildman–Crippen MR) is 66.3 cm³/mol. The molecule has 0 saturated carbocycles. The van der Waals surface area contributed by atoms with Crippen molar-refractivity contribution in [2.75, 3.05) is 7.11 Å². The average molecular weight is 263 g/mol. The van der Waals surface area contributed by atoms with Gasteiger partial charge in [0.15, 0.2) is 0 Å². The number of methoxy groups -OCH3 is 1. The summed E-state index contributed by atoms with van der Waals surface area (Å²) in [4.78, 5) is 21.8. The minimum absolute atomic E-state index is 0.00488. The zero-order valence-corrected chi connectivity index (χ0v) is 10.6. The Labute approximate surface area is 109 Å². The Morgan fingerprint density at radius 1 is 1.53 bits per heavy atom. The van der Waals surface area contributed by atoms with Crippen LogP contribution in [0.25, 0.3) is 0 Å². The lowest BCUT2D eigenvalue weighted by Crippen LogP contribution is -2.05. The number of carbonyl (C=O) groups excluding carboxylic acids is 1. The van der Waals surface area contributed by atoms with Crippen molar-refractivity contribution in [3.63, 3.8) is 0 Å². The Morgan fingerprint density at radius 3 is 2.89 bits per heavy atom. The van der Waals surface area contributed by atoms with Gasteiger partial charge in [-0.3, -0.25) is 10.1 Å². The maximum Gasteiger partial charge on any atom is 0.337 e. The molecule has 1 atom stereocenters. The van der Waals surface area contributed by atoms with E-state index in [1.54, 1.807) is 19.1 Å². The lowest BCUT2D eigenvalue weighted by atomic mass is 10.0. The van der Waals surface area contributed by atoms with Crippen molar-refractivity contribution < 1.29 is 19.2 Å². The quantitative estimate of drug-likeness (QED) is 0.475. The third-order valence-corrected chi connectivity index (χ3v) is 3.02. The van der Waals surface area contributed by atoms with Gasteiger partial charge in [0.1, 0.15) is 11.9 Å². The molecule has 1 aliphatic rings. The molecule has 0 aromatic heterocycles. The summed E-state index contributed by atoms with van der Waals surface area (Å²) in [6.45, 7) is 1.68. The number of nitro groups is 1. The van der Waals surface area contributed by atoms with Gasteiger partial charge in [-0.15, -0.1) is 0 Å². The number of esters is 1. The van der Waals surface area contributed by atoms with Crippen molar-refractivity contribution in [2.24, 2.45) is 0 Å². The Kier molecular flexibility index (Phi) is 3.50. The van der Waals surface area contributed by atoms with Crippen LogP contribution < -0.4 is 0 Å². The van der Waals surface area contributed by atoms with E-state index in [-0.39, 0.29) is 11.8 Å². The van der Waals surface area contributed by atoms with Crippen molar-refractivity contribution in [2.45, 2.75) is 19.4 Å². The maximum atomic E-state index is 11.5. The summed E-state index contributed by atoms with van der Waals surface area (Å²) in [6, 6.07) is 6.21. The van der Waals surface area contributed by atoms with E-state index in [0.717, 1.165) is 0 Å². The molecule has 0 saturated heterocycles. The first-order chi connectivity index (χ1) is 9.02. The smallest absolute Gasteiger partial charge is 0.337 e. The summed E-state index contributed by atoms with van der Waals surface area (Å²) in [5.41, 5.74) is 1.15. The summed E-state index contributed by atoms with van der Waals surface area (Å²) in [6.07, 6.45) is -0.0198. The Bertz CT molecular complexity index is 564. The van der Waals surface area contributed by atoms with Crippen LogP contribution in [0.4, 0.5) is 5.69 Å². The summed E-state index contributed by atoms with van der Waals surface area (Å²) < 4.78 is 10.2. The van der Waals surface area contributed by atoms with Gasteiger partial charge < -0.3 is 9.47 Å². The number of nitro benzene ring substituents is 1. The number of ether oxygens (including phenoxy) is 2. The largest absolute Gasteiger partial charge is 0.489 e. The van der Waals surface area contributed by atoms with E-state index in [1.165, 1.54) is 19.2 Å². The van der Waals surface area contributed by atoms with Gasteiger partial charge in [-0.1, -0.05) is 12.1 Å². The molecule has 0 bridgehead atoms. The van der Waals surface area contributed by atoms with Gasteiger partial charge in [-0.05, 0) is 12.5 Å². The Hall–Kier alpha value is -2.37. The second kappa shape index (κ2) is 5.09. The molecule has 0 radical (unpaired) electrons. The first kappa shape index (κ1) is 13.1. The number of benzene rings is 1. The number of carbonyl (C=O) groups is 1. The number of nitrogens with zero attached hydrogens (tertiary/aromatic N) is 1. The number of allylic oxidation sites excluding steroid dienone is 1. The third-order valence-electron chi connectivity index (χ3n) is 3.02. The van der Waals surface area contributed by atoms with E-state index >= 15 is 0 Å². The molecule has 0 fully saturated rings. The highest BCUT2D eigenvalue weighted by atomic mass is 16.6. The number of rotatable bonds is 3. The monoisotopic (exact) mass is 263 g/mol. The summed E-state index contributed by atoms with van der Waals surface area (Å²) in [7, 11) is 1.31. The molecule has 0 aliphatic carbocycles. The van der Waals surface area contributed by atoms with Crippen LogP contribution in [0.1, 0.15) is 25.0 Å². The zero-order chi connectivity index (χ0) is 14.0.